The van der Waals surface area contributed by atoms with Crippen molar-refractivity contribution in [1.29, 1.82) is 0 Å². The summed E-state index contributed by atoms with van der Waals surface area (Å²) in [5.74, 6) is 1.06. The number of piperidine rings is 2. The molecule has 1 N–H and O–H groups in total. The third-order valence-electron chi connectivity index (χ3n) is 5.80. The molecule has 2 unspecified atom stereocenters. The second-order valence-corrected chi connectivity index (χ2v) is 6.87. The summed E-state index contributed by atoms with van der Waals surface area (Å²) in [7, 11) is 2.15. The van der Waals surface area contributed by atoms with Gasteiger partial charge < -0.3 is 5.32 Å². The molecule has 2 heteroatoms. The lowest BCUT2D eigenvalue weighted by Crippen LogP contribution is -2.56. The molecule has 2 heterocycles. The van der Waals surface area contributed by atoms with E-state index in [4.69, 9.17) is 0 Å². The topological polar surface area (TPSA) is 15.3 Å². The van der Waals surface area contributed by atoms with Gasteiger partial charge in [-0.3, -0.25) is 4.90 Å². The Kier molecular flexibility index (Phi) is 4.25. The Bertz CT molecular complexity index is 246. The van der Waals surface area contributed by atoms with Crippen molar-refractivity contribution in [3.05, 3.63) is 0 Å². The summed E-state index contributed by atoms with van der Waals surface area (Å²) in [4.78, 5) is 2.90. The van der Waals surface area contributed by atoms with Gasteiger partial charge in [0, 0.05) is 18.1 Å². The van der Waals surface area contributed by atoms with E-state index >= 15 is 0 Å². The molecule has 3 aliphatic rings. The van der Waals surface area contributed by atoms with Crippen molar-refractivity contribution in [2.75, 3.05) is 13.6 Å². The van der Waals surface area contributed by atoms with Gasteiger partial charge in [0.1, 0.15) is 0 Å². The van der Waals surface area contributed by atoms with Crippen molar-refractivity contribution >= 4 is 0 Å². The molecule has 3 rings (SSSR count). The summed E-state index contributed by atoms with van der Waals surface area (Å²) in [5.41, 5.74) is 0. The zero-order chi connectivity index (χ0) is 12.4. The third kappa shape index (κ3) is 2.75. The molecule has 0 aromatic carbocycles. The summed E-state index contributed by atoms with van der Waals surface area (Å²) in [5, 5.41) is 3.52. The number of hydrogen-bond acceptors (Lipinski definition) is 2. The number of fused-ring (bicyclic) bond motifs is 2. The van der Waals surface area contributed by atoms with Crippen LogP contribution in [0.1, 0.15) is 64.2 Å². The molecule has 2 saturated heterocycles. The highest BCUT2D eigenvalue weighted by atomic mass is 15.2. The maximum Gasteiger partial charge on any atom is 0.0113 e. The fourth-order valence-electron chi connectivity index (χ4n) is 4.71. The first kappa shape index (κ1) is 12.9. The van der Waals surface area contributed by atoms with Crippen LogP contribution < -0.4 is 5.32 Å². The number of nitrogens with one attached hydrogen (secondary N) is 1. The fourth-order valence-corrected chi connectivity index (χ4v) is 4.71. The highest BCUT2D eigenvalue weighted by Gasteiger charge is 2.37. The van der Waals surface area contributed by atoms with E-state index < -0.39 is 0 Å². The van der Waals surface area contributed by atoms with Crippen LogP contribution in [0.4, 0.5) is 0 Å². The van der Waals surface area contributed by atoms with Gasteiger partial charge in [0.05, 0.1) is 0 Å². The first-order valence-corrected chi connectivity index (χ1v) is 8.30. The second kappa shape index (κ2) is 5.92. The van der Waals surface area contributed by atoms with E-state index in [0.717, 1.165) is 24.0 Å². The Hall–Kier alpha value is -0.0800. The molecule has 0 spiro atoms. The van der Waals surface area contributed by atoms with E-state index in [1.165, 1.54) is 70.8 Å². The largest absolute Gasteiger partial charge is 0.317 e. The molecule has 0 amide bonds. The van der Waals surface area contributed by atoms with Gasteiger partial charge >= 0.3 is 0 Å². The molecule has 0 radical (unpaired) electrons. The predicted molar refractivity (Wildman–Crippen MR) is 76.8 cm³/mol. The Labute approximate surface area is 113 Å². The van der Waals surface area contributed by atoms with Crippen LogP contribution in [0, 0.1) is 5.92 Å². The van der Waals surface area contributed by atoms with E-state index in [9.17, 15) is 0 Å². The molecule has 104 valence electrons. The zero-order valence-electron chi connectivity index (χ0n) is 12.0. The van der Waals surface area contributed by atoms with Crippen LogP contribution in [-0.2, 0) is 0 Å². The fraction of sp³-hybridized carbons (Fsp3) is 1.00. The summed E-state index contributed by atoms with van der Waals surface area (Å²) in [6, 6.07) is 2.59. The summed E-state index contributed by atoms with van der Waals surface area (Å²) < 4.78 is 0. The smallest absolute Gasteiger partial charge is 0.0113 e. The standard InChI is InChI=1S/C16H30N2/c1-17-14-11-15-7-4-8-16(12-14)18(15)10-9-13-5-2-3-6-13/h13-17H,2-12H2,1H3. The average molecular weight is 250 g/mol. The van der Waals surface area contributed by atoms with E-state index in [-0.39, 0.29) is 0 Å². The van der Waals surface area contributed by atoms with Gasteiger partial charge in [0.15, 0.2) is 0 Å². The van der Waals surface area contributed by atoms with Gasteiger partial charge in [0.25, 0.3) is 0 Å². The number of nitrogens with zero attached hydrogens (tertiary/aromatic N) is 1. The van der Waals surface area contributed by atoms with Crippen LogP contribution in [0.3, 0.4) is 0 Å². The summed E-state index contributed by atoms with van der Waals surface area (Å²) >= 11 is 0. The van der Waals surface area contributed by atoms with E-state index in [0.29, 0.717) is 0 Å². The minimum Gasteiger partial charge on any atom is -0.317 e. The van der Waals surface area contributed by atoms with Crippen LogP contribution >= 0.6 is 0 Å². The molecule has 2 bridgehead atoms. The lowest BCUT2D eigenvalue weighted by atomic mass is 9.81. The van der Waals surface area contributed by atoms with Gasteiger partial charge in [-0.15, -0.1) is 0 Å². The molecule has 18 heavy (non-hydrogen) atoms. The van der Waals surface area contributed by atoms with Crippen molar-refractivity contribution in [3.63, 3.8) is 0 Å². The first-order chi connectivity index (χ1) is 8.86. The summed E-state index contributed by atoms with van der Waals surface area (Å²) in [6.07, 6.45) is 14.7. The third-order valence-corrected chi connectivity index (χ3v) is 5.80. The molecule has 2 nitrogen and oxygen atoms in total. The molecule has 0 aromatic heterocycles. The predicted octanol–water partition coefficient (Wildman–Crippen LogP) is 3.17. The van der Waals surface area contributed by atoms with Gasteiger partial charge in [-0.05, 0) is 51.6 Å². The van der Waals surface area contributed by atoms with Gasteiger partial charge in [-0.2, -0.15) is 0 Å². The van der Waals surface area contributed by atoms with Crippen LogP contribution in [0.5, 0.6) is 0 Å². The Balaban J connectivity index is 1.54. The molecule has 0 aromatic rings. The normalized spacial score (nSPS) is 38.2. The SMILES string of the molecule is CNC1CC2CCCC(C1)N2CCC1CCCC1. The Morgan fingerprint density at radius 1 is 0.944 bits per heavy atom. The summed E-state index contributed by atoms with van der Waals surface area (Å²) in [6.45, 7) is 1.40. The quantitative estimate of drug-likeness (QED) is 0.824. The maximum absolute atomic E-state index is 3.52. The highest BCUT2D eigenvalue weighted by molar-refractivity contribution is 4.94. The van der Waals surface area contributed by atoms with E-state index in [1.54, 1.807) is 0 Å². The molecular formula is C16H30N2. The maximum atomic E-state index is 3.52. The molecule has 1 saturated carbocycles. The van der Waals surface area contributed by atoms with Crippen LogP contribution in [-0.4, -0.2) is 36.6 Å². The molecule has 1 aliphatic carbocycles. The minimum atomic E-state index is 0.794. The van der Waals surface area contributed by atoms with Gasteiger partial charge in [-0.25, -0.2) is 0 Å². The lowest BCUT2D eigenvalue weighted by Gasteiger charge is -2.49. The van der Waals surface area contributed by atoms with Crippen molar-refractivity contribution in [2.45, 2.75) is 82.3 Å². The number of rotatable bonds is 4. The molecule has 2 atom stereocenters. The van der Waals surface area contributed by atoms with Gasteiger partial charge in [-0.1, -0.05) is 32.1 Å². The van der Waals surface area contributed by atoms with Crippen molar-refractivity contribution in [2.24, 2.45) is 5.92 Å². The Morgan fingerprint density at radius 3 is 2.22 bits per heavy atom. The zero-order valence-corrected chi connectivity index (χ0v) is 12.0. The van der Waals surface area contributed by atoms with Crippen LogP contribution in [0.2, 0.25) is 0 Å². The monoisotopic (exact) mass is 250 g/mol. The average Bonchev–Trinajstić information content (AvgIpc) is 2.88. The van der Waals surface area contributed by atoms with E-state index in [1.807, 2.05) is 0 Å². The first-order valence-electron chi connectivity index (χ1n) is 8.30. The minimum absolute atomic E-state index is 0.794. The van der Waals surface area contributed by atoms with Crippen LogP contribution in [0.25, 0.3) is 0 Å². The van der Waals surface area contributed by atoms with Crippen molar-refractivity contribution < 1.29 is 0 Å². The molecular weight excluding hydrogens is 220 g/mol. The lowest BCUT2D eigenvalue weighted by molar-refractivity contribution is 0.0218. The molecule has 2 aliphatic heterocycles. The van der Waals surface area contributed by atoms with Crippen molar-refractivity contribution in [3.8, 4) is 0 Å². The Morgan fingerprint density at radius 2 is 1.61 bits per heavy atom. The van der Waals surface area contributed by atoms with Crippen LogP contribution in [0.15, 0.2) is 0 Å². The highest BCUT2D eigenvalue weighted by Crippen LogP contribution is 2.35. The molecule has 3 fully saturated rings. The van der Waals surface area contributed by atoms with E-state index in [2.05, 4.69) is 17.3 Å². The second-order valence-electron chi connectivity index (χ2n) is 6.87. The van der Waals surface area contributed by atoms with Crippen molar-refractivity contribution in [1.82, 2.24) is 10.2 Å². The number of hydrogen-bond donors (Lipinski definition) is 1. The van der Waals surface area contributed by atoms with Gasteiger partial charge in [0.2, 0.25) is 0 Å².